The van der Waals surface area contributed by atoms with Crippen molar-refractivity contribution >= 4 is 26.8 Å². The van der Waals surface area contributed by atoms with Gasteiger partial charge in [0.1, 0.15) is 23.4 Å². The van der Waals surface area contributed by atoms with Gasteiger partial charge in [-0.1, -0.05) is 0 Å². The molecular weight excluding hydrogens is 362 g/mol. The van der Waals surface area contributed by atoms with Crippen molar-refractivity contribution in [3.8, 4) is 0 Å². The maximum absolute atomic E-state index is 11.9. The third kappa shape index (κ3) is 9.79. The molecule has 0 aromatic rings. The second-order valence-electron chi connectivity index (χ2n) is 4.53. The van der Waals surface area contributed by atoms with Crippen LogP contribution in [0.4, 0.5) is 0 Å². The van der Waals surface area contributed by atoms with Crippen LogP contribution in [0.5, 0.6) is 0 Å². The van der Waals surface area contributed by atoms with Crippen molar-refractivity contribution in [3.63, 3.8) is 0 Å². The van der Waals surface area contributed by atoms with E-state index in [0.717, 1.165) is 0 Å². The first-order valence-corrected chi connectivity index (χ1v) is 10.4. The minimum Gasteiger partial charge on any atom is -0.380 e. The van der Waals surface area contributed by atoms with E-state index in [4.69, 9.17) is 13.8 Å². The first-order chi connectivity index (χ1) is 11.1. The zero-order valence-electron chi connectivity index (χ0n) is 15.3. The lowest BCUT2D eigenvalue weighted by molar-refractivity contribution is -0.118. The number of carbonyl (C=O) groups excluding carboxylic acids is 2. The van der Waals surface area contributed by atoms with Gasteiger partial charge in [0.05, 0.1) is 6.61 Å². The van der Waals surface area contributed by atoms with Crippen molar-refractivity contribution < 1.29 is 41.6 Å². The van der Waals surface area contributed by atoms with Crippen LogP contribution in [0.2, 0.25) is 0 Å². The van der Waals surface area contributed by atoms with Crippen molar-refractivity contribution in [1.29, 1.82) is 0 Å². The topological polar surface area (TPSA) is 114 Å². The Morgan fingerprint density at radius 2 is 1.38 bits per heavy atom. The molecule has 0 saturated heterocycles. The van der Waals surface area contributed by atoms with Gasteiger partial charge in [0.25, 0.3) is 0 Å². The van der Waals surface area contributed by atoms with Crippen LogP contribution in [0.1, 0.15) is 20.8 Å². The molecule has 0 aliphatic rings. The maximum Gasteiger partial charge on any atom is 0.342 e. The molecule has 0 amide bonds. The van der Waals surface area contributed by atoms with Crippen molar-refractivity contribution in [2.45, 2.75) is 26.4 Å². The molecular formula is C13H28O9P2. The van der Waals surface area contributed by atoms with Gasteiger partial charge in [0, 0.05) is 35.0 Å². The first-order valence-electron chi connectivity index (χ1n) is 7.05. The largest absolute Gasteiger partial charge is 0.380 e. The van der Waals surface area contributed by atoms with Gasteiger partial charge in [0.2, 0.25) is 0 Å². The fraction of sp³-hybridized carbons (Fsp3) is 0.846. The van der Waals surface area contributed by atoms with Gasteiger partial charge in [-0.2, -0.15) is 0 Å². The van der Waals surface area contributed by atoms with E-state index in [1.807, 2.05) is 0 Å². The molecule has 1 atom stereocenters. The van der Waals surface area contributed by atoms with Gasteiger partial charge in [0.15, 0.2) is 0 Å². The molecule has 0 aliphatic heterocycles. The molecule has 0 aliphatic carbocycles. The van der Waals surface area contributed by atoms with Gasteiger partial charge in [-0.3, -0.25) is 18.7 Å². The van der Waals surface area contributed by atoms with Crippen molar-refractivity contribution in [2.75, 3.05) is 47.8 Å². The van der Waals surface area contributed by atoms with E-state index >= 15 is 0 Å². The molecule has 0 N–H and O–H groups in total. The Kier molecular flexibility index (Phi) is 13.9. The molecule has 0 spiro atoms. The number of ketones is 2. The number of Topliss-reactive ketones (excluding diaryl/α,β-unsaturated/α-hetero) is 2. The molecule has 9 nitrogen and oxygen atoms in total. The Morgan fingerprint density at radius 3 is 1.58 bits per heavy atom. The Morgan fingerprint density at radius 1 is 0.917 bits per heavy atom. The normalized spacial score (nSPS) is 13.0. The van der Waals surface area contributed by atoms with E-state index in [-0.39, 0.29) is 24.3 Å². The average molecular weight is 390 g/mol. The summed E-state index contributed by atoms with van der Waals surface area (Å²) in [5.41, 5.74) is -0.836. The van der Waals surface area contributed by atoms with Gasteiger partial charge < -0.3 is 22.8 Å². The lowest BCUT2D eigenvalue weighted by Gasteiger charge is -2.21. The molecule has 0 radical (unpaired) electrons. The molecule has 1 unspecified atom stereocenters. The van der Waals surface area contributed by atoms with Crippen molar-refractivity contribution in [3.05, 3.63) is 0 Å². The van der Waals surface area contributed by atoms with Crippen LogP contribution in [0, 0.1) is 0 Å². The lowest BCUT2D eigenvalue weighted by Crippen LogP contribution is -2.25. The smallest absolute Gasteiger partial charge is 0.342 e. The van der Waals surface area contributed by atoms with Crippen LogP contribution in [0.25, 0.3) is 0 Å². The quantitative estimate of drug-likeness (QED) is 0.491. The predicted octanol–water partition coefficient (Wildman–Crippen LogP) is 2.53. The third-order valence-corrected chi connectivity index (χ3v) is 7.05. The summed E-state index contributed by atoms with van der Waals surface area (Å²) in [7, 11) is -1.41. The molecule has 0 heterocycles. The first kappa shape index (κ1) is 25.8. The standard InChI is InChI=1S/C8H17O5P.C5H11O4P/c1-5-13-6-8(7(2)9)14(10,11-3)12-4;1-5(6)4-10(7,8-2)9-3/h8H,5-6H2,1-4H3;4H2,1-3H3. The average Bonchev–Trinajstić information content (AvgIpc) is 2.54. The van der Waals surface area contributed by atoms with Crippen LogP contribution in [0.15, 0.2) is 0 Å². The number of rotatable bonds is 11. The molecule has 144 valence electrons. The Balaban J connectivity index is 0. The monoisotopic (exact) mass is 390 g/mol. The number of hydrogen-bond acceptors (Lipinski definition) is 9. The predicted molar refractivity (Wildman–Crippen MR) is 89.8 cm³/mol. The molecule has 0 aromatic heterocycles. The van der Waals surface area contributed by atoms with E-state index in [9.17, 15) is 18.7 Å². The van der Waals surface area contributed by atoms with Gasteiger partial charge in [-0.05, 0) is 20.8 Å². The molecule has 0 fully saturated rings. The summed E-state index contributed by atoms with van der Waals surface area (Å²) >= 11 is 0. The number of hydrogen-bond donors (Lipinski definition) is 0. The molecule has 0 bridgehead atoms. The Labute approximate surface area is 143 Å². The molecule has 0 rings (SSSR count). The van der Waals surface area contributed by atoms with Crippen molar-refractivity contribution in [2.24, 2.45) is 0 Å². The van der Waals surface area contributed by atoms with Crippen LogP contribution in [-0.4, -0.2) is 65.0 Å². The molecule has 11 heteroatoms. The lowest BCUT2D eigenvalue weighted by atomic mass is 10.3. The highest BCUT2D eigenvalue weighted by atomic mass is 31.2. The number of carbonyl (C=O) groups is 2. The van der Waals surface area contributed by atoms with E-state index in [1.54, 1.807) is 6.92 Å². The number of ether oxygens (including phenoxy) is 1. The molecule has 24 heavy (non-hydrogen) atoms. The van der Waals surface area contributed by atoms with E-state index < -0.39 is 20.9 Å². The van der Waals surface area contributed by atoms with Crippen LogP contribution < -0.4 is 0 Å². The minimum atomic E-state index is -3.35. The van der Waals surface area contributed by atoms with Gasteiger partial charge >= 0.3 is 15.2 Å². The van der Waals surface area contributed by atoms with Gasteiger partial charge in [-0.25, -0.2) is 0 Å². The minimum absolute atomic E-state index is 0.0603. The summed E-state index contributed by atoms with van der Waals surface area (Å²) in [5.74, 6) is -0.461. The zero-order valence-corrected chi connectivity index (χ0v) is 17.1. The third-order valence-electron chi connectivity index (χ3n) is 2.81. The maximum atomic E-state index is 11.9. The molecule has 0 saturated carbocycles. The summed E-state index contributed by atoms with van der Waals surface area (Å²) in [6, 6.07) is 0. The second kappa shape index (κ2) is 12.9. The second-order valence-corrected chi connectivity index (χ2v) is 9.23. The Bertz CT molecular complexity index is 462. The highest BCUT2D eigenvalue weighted by Gasteiger charge is 2.37. The highest BCUT2D eigenvalue weighted by molar-refractivity contribution is 7.55. The summed E-state index contributed by atoms with van der Waals surface area (Å²) in [5, 5.41) is 0. The fourth-order valence-electron chi connectivity index (χ4n) is 1.47. The SMILES string of the molecule is CCOCC(C(C)=O)P(=O)(OC)OC.COP(=O)(CC(C)=O)OC. The van der Waals surface area contributed by atoms with Crippen LogP contribution in [0.3, 0.4) is 0 Å². The molecule has 0 aromatic carbocycles. The van der Waals surface area contributed by atoms with E-state index in [0.29, 0.717) is 6.61 Å². The van der Waals surface area contributed by atoms with Crippen LogP contribution in [-0.2, 0) is 41.6 Å². The van der Waals surface area contributed by atoms with Crippen molar-refractivity contribution in [1.82, 2.24) is 0 Å². The summed E-state index contributed by atoms with van der Waals surface area (Å²) in [4.78, 5) is 21.6. The van der Waals surface area contributed by atoms with E-state index in [2.05, 4.69) is 9.05 Å². The highest BCUT2D eigenvalue weighted by Crippen LogP contribution is 2.51. The fourth-order valence-corrected chi connectivity index (χ4v) is 3.81. The van der Waals surface area contributed by atoms with Gasteiger partial charge in [-0.15, -0.1) is 0 Å². The van der Waals surface area contributed by atoms with E-state index in [1.165, 1.54) is 42.3 Å². The Hall–Kier alpha value is -0.400. The van der Waals surface area contributed by atoms with Crippen LogP contribution >= 0.6 is 15.2 Å². The zero-order chi connectivity index (χ0) is 19.4. The summed E-state index contributed by atoms with van der Waals surface area (Å²) in [6.07, 6.45) is -0.153. The summed E-state index contributed by atoms with van der Waals surface area (Å²) in [6.45, 7) is 4.99. The summed E-state index contributed by atoms with van der Waals surface area (Å²) < 4.78 is 46.5.